The molecule has 0 aromatic heterocycles. The van der Waals surface area contributed by atoms with Crippen LogP contribution in [0.5, 0.6) is 0 Å². The summed E-state index contributed by atoms with van der Waals surface area (Å²) in [6, 6.07) is 0. The molecule has 0 aliphatic heterocycles. The standard InChI is InChI=1S/C4H6O6.3Na/c5-1(3(7)8)2(6)4(9)10;;;/h1-2,5-6H,(H,7,8)(H,9,10);;;/q;3*+1/p-2. The molecule has 0 saturated carbocycles. The van der Waals surface area contributed by atoms with E-state index in [0.29, 0.717) is 0 Å². The maximum absolute atomic E-state index is 9.63. The minimum atomic E-state index is -2.44. The molecule has 2 N–H and O–H groups in total. The van der Waals surface area contributed by atoms with Crippen LogP contribution in [0.15, 0.2) is 0 Å². The van der Waals surface area contributed by atoms with E-state index in [-0.39, 0.29) is 88.7 Å². The fourth-order valence-electron chi connectivity index (χ4n) is 0.258. The Morgan fingerprint density at radius 2 is 1.00 bits per heavy atom. The Kier molecular flexibility index (Phi) is 22.2. The van der Waals surface area contributed by atoms with Gasteiger partial charge in [-0.15, -0.1) is 0 Å². The number of hydrogen-bond acceptors (Lipinski definition) is 6. The van der Waals surface area contributed by atoms with E-state index >= 15 is 0 Å². The van der Waals surface area contributed by atoms with Crippen molar-refractivity contribution < 1.29 is 119 Å². The maximum atomic E-state index is 9.63. The van der Waals surface area contributed by atoms with Gasteiger partial charge in [0.2, 0.25) is 0 Å². The Morgan fingerprint density at radius 3 is 1.08 bits per heavy atom. The summed E-state index contributed by atoms with van der Waals surface area (Å²) in [5, 5.41) is 35.7. The second-order valence-electron chi connectivity index (χ2n) is 1.53. The number of hydrogen-bond donors (Lipinski definition) is 2. The van der Waals surface area contributed by atoms with Gasteiger partial charge in [-0.3, -0.25) is 0 Å². The zero-order chi connectivity index (χ0) is 8.31. The molecule has 0 rings (SSSR count). The fourth-order valence-corrected chi connectivity index (χ4v) is 0.258. The van der Waals surface area contributed by atoms with Crippen molar-refractivity contribution in [2.45, 2.75) is 12.2 Å². The largest absolute Gasteiger partial charge is 1.00 e. The number of carbonyl (C=O) groups excluding carboxylic acids is 2. The van der Waals surface area contributed by atoms with Crippen molar-refractivity contribution in [3.05, 3.63) is 0 Å². The normalized spacial score (nSPS) is 12.2. The molecule has 0 radical (unpaired) electrons. The van der Waals surface area contributed by atoms with Gasteiger partial charge in [0.05, 0.1) is 11.9 Å². The molecule has 0 aromatic rings. The Balaban J connectivity index is -0.000000135. The van der Waals surface area contributed by atoms with Crippen LogP contribution in [0.1, 0.15) is 0 Å². The van der Waals surface area contributed by atoms with E-state index in [2.05, 4.69) is 0 Å². The second kappa shape index (κ2) is 11.9. The number of aliphatic hydroxyl groups is 2. The third-order valence-corrected chi connectivity index (χ3v) is 0.782. The molecule has 0 spiro atoms. The summed E-state index contributed by atoms with van der Waals surface area (Å²) in [4.78, 5) is 19.3. The quantitative estimate of drug-likeness (QED) is 0.453. The molecule has 0 fully saturated rings. The van der Waals surface area contributed by atoms with Gasteiger partial charge in [-0.25, -0.2) is 0 Å². The van der Waals surface area contributed by atoms with Crippen LogP contribution >= 0.6 is 0 Å². The van der Waals surface area contributed by atoms with E-state index in [1.54, 1.807) is 0 Å². The van der Waals surface area contributed by atoms with Crippen LogP contribution in [-0.4, -0.2) is 34.4 Å². The number of rotatable bonds is 3. The predicted octanol–water partition coefficient (Wildman–Crippen LogP) is -13.8. The molecule has 6 nitrogen and oxygen atoms in total. The van der Waals surface area contributed by atoms with Crippen molar-refractivity contribution in [2.75, 3.05) is 0 Å². The third kappa shape index (κ3) is 10.1. The monoisotopic (exact) mass is 217 g/mol. The molecule has 0 heterocycles. The first kappa shape index (κ1) is 24.2. The fraction of sp³-hybridized carbons (Fsp3) is 0.500. The van der Waals surface area contributed by atoms with E-state index < -0.39 is 24.1 Å². The first-order valence-electron chi connectivity index (χ1n) is 2.24. The van der Waals surface area contributed by atoms with Crippen molar-refractivity contribution in [3.8, 4) is 0 Å². The Labute approximate surface area is 141 Å². The van der Waals surface area contributed by atoms with Crippen LogP contribution < -0.4 is 98.9 Å². The summed E-state index contributed by atoms with van der Waals surface area (Å²) >= 11 is 0. The van der Waals surface area contributed by atoms with Crippen molar-refractivity contribution >= 4 is 11.9 Å². The molecular weight excluding hydrogens is 213 g/mol. The molecule has 58 valence electrons. The molecule has 13 heavy (non-hydrogen) atoms. The zero-order valence-electron chi connectivity index (χ0n) is 7.68. The first-order valence-corrected chi connectivity index (χ1v) is 2.24. The molecule has 0 saturated heterocycles. The summed E-state index contributed by atoms with van der Waals surface area (Å²) in [5.74, 6) is -4.12. The van der Waals surface area contributed by atoms with Gasteiger partial charge < -0.3 is 30.0 Å². The average Bonchev–Trinajstić information content (AvgIpc) is 1.84. The number of aliphatic carboxylic acids is 2. The molecule has 0 aliphatic rings. The van der Waals surface area contributed by atoms with E-state index in [0.717, 1.165) is 0 Å². The Bertz CT molecular complexity index is 144. The SMILES string of the molecule is O=C([O-])C(O)C(O)C(=O)[O-].[Na+].[Na+].[Na+]. The van der Waals surface area contributed by atoms with Crippen LogP contribution in [0, 0.1) is 0 Å². The van der Waals surface area contributed by atoms with E-state index in [1.165, 1.54) is 0 Å². The summed E-state index contributed by atoms with van der Waals surface area (Å²) in [7, 11) is 0. The molecule has 0 aliphatic carbocycles. The van der Waals surface area contributed by atoms with E-state index in [9.17, 15) is 19.8 Å². The minimum Gasteiger partial charge on any atom is -0.547 e. The van der Waals surface area contributed by atoms with Crippen molar-refractivity contribution in [1.82, 2.24) is 0 Å². The average molecular weight is 217 g/mol. The molecule has 0 aromatic carbocycles. The van der Waals surface area contributed by atoms with Crippen molar-refractivity contribution in [2.24, 2.45) is 0 Å². The maximum Gasteiger partial charge on any atom is 1.00 e. The van der Waals surface area contributed by atoms with E-state index in [1.807, 2.05) is 0 Å². The van der Waals surface area contributed by atoms with Gasteiger partial charge in [0, 0.05) is 0 Å². The molecule has 9 heteroatoms. The molecular formula is C4H4Na3O6+. The topological polar surface area (TPSA) is 121 Å². The molecule has 0 amide bonds. The molecule has 2 atom stereocenters. The van der Waals surface area contributed by atoms with Crippen molar-refractivity contribution in [1.29, 1.82) is 0 Å². The van der Waals surface area contributed by atoms with E-state index in [4.69, 9.17) is 10.2 Å². The molecule has 0 bridgehead atoms. The van der Waals surface area contributed by atoms with Gasteiger partial charge in [-0.05, 0) is 0 Å². The van der Waals surface area contributed by atoms with Crippen LogP contribution in [-0.2, 0) is 9.59 Å². The summed E-state index contributed by atoms with van der Waals surface area (Å²) in [6.45, 7) is 0. The number of carbonyl (C=O) groups is 2. The summed E-state index contributed by atoms with van der Waals surface area (Å²) in [5.41, 5.74) is 0. The van der Waals surface area contributed by atoms with Crippen LogP contribution in [0.3, 0.4) is 0 Å². The van der Waals surface area contributed by atoms with Crippen LogP contribution in [0.4, 0.5) is 0 Å². The molecule has 2 unspecified atom stereocenters. The smallest absolute Gasteiger partial charge is 0.547 e. The summed E-state index contributed by atoms with van der Waals surface area (Å²) < 4.78 is 0. The van der Waals surface area contributed by atoms with Crippen LogP contribution in [0.25, 0.3) is 0 Å². The first-order chi connectivity index (χ1) is 4.46. The van der Waals surface area contributed by atoms with Gasteiger partial charge in [0.25, 0.3) is 0 Å². The number of aliphatic hydroxyl groups excluding tert-OH is 2. The second-order valence-corrected chi connectivity index (χ2v) is 1.53. The van der Waals surface area contributed by atoms with Gasteiger partial charge >= 0.3 is 88.7 Å². The van der Waals surface area contributed by atoms with Gasteiger partial charge in [0.15, 0.2) is 0 Å². The predicted molar refractivity (Wildman–Crippen MR) is 22.0 cm³/mol. The number of carboxylic acids is 2. The van der Waals surface area contributed by atoms with Gasteiger partial charge in [0.1, 0.15) is 12.2 Å². The van der Waals surface area contributed by atoms with Gasteiger partial charge in [-0.2, -0.15) is 0 Å². The third-order valence-electron chi connectivity index (χ3n) is 0.782. The Morgan fingerprint density at radius 1 is 0.846 bits per heavy atom. The Hall–Kier alpha value is 1.86. The van der Waals surface area contributed by atoms with Crippen molar-refractivity contribution in [3.63, 3.8) is 0 Å². The minimum absolute atomic E-state index is 0. The number of carboxylic acid groups (broad SMARTS) is 2. The summed E-state index contributed by atoms with van der Waals surface area (Å²) in [6.07, 6.45) is -4.88. The zero-order valence-corrected chi connectivity index (χ0v) is 13.7. The van der Waals surface area contributed by atoms with Gasteiger partial charge in [-0.1, -0.05) is 0 Å². The van der Waals surface area contributed by atoms with Crippen LogP contribution in [0.2, 0.25) is 0 Å².